The molecule has 1 aliphatic carbocycles. The summed E-state index contributed by atoms with van der Waals surface area (Å²) in [5.74, 6) is 2.50. The average molecular weight is 325 g/mol. The fourth-order valence-corrected chi connectivity index (χ4v) is 3.47. The highest BCUT2D eigenvalue weighted by Crippen LogP contribution is 2.39. The largest absolute Gasteiger partial charge is 0.338 e. The number of rotatable bonds is 5. The van der Waals surface area contributed by atoms with Gasteiger partial charge in [0, 0.05) is 17.4 Å². The zero-order chi connectivity index (χ0) is 16.5. The molecule has 5 heteroatoms. The molecule has 0 bridgehead atoms. The number of aromatic nitrogens is 2. The Bertz CT molecular complexity index is 700. The number of carbonyl (C=O) groups is 1. The number of benzene rings is 1. The molecule has 126 valence electrons. The van der Waals surface area contributed by atoms with Gasteiger partial charge in [0.1, 0.15) is 0 Å². The molecule has 1 aliphatic heterocycles. The van der Waals surface area contributed by atoms with Crippen molar-refractivity contribution in [1.82, 2.24) is 15.0 Å². The molecule has 1 saturated heterocycles. The molecule has 2 heterocycles. The molecule has 24 heavy (non-hydrogen) atoms. The van der Waals surface area contributed by atoms with E-state index in [1.807, 2.05) is 30.3 Å². The van der Waals surface area contributed by atoms with Crippen molar-refractivity contribution in [1.29, 1.82) is 0 Å². The van der Waals surface area contributed by atoms with Gasteiger partial charge in [0.25, 0.3) is 0 Å². The Morgan fingerprint density at radius 3 is 2.54 bits per heavy atom. The highest BCUT2D eigenvalue weighted by Gasteiger charge is 2.32. The summed E-state index contributed by atoms with van der Waals surface area (Å²) in [5.41, 5.74) is 0.829. The van der Waals surface area contributed by atoms with Gasteiger partial charge in [0.05, 0.1) is 6.04 Å². The van der Waals surface area contributed by atoms with Gasteiger partial charge in [-0.2, -0.15) is 4.98 Å². The number of Topliss-reactive ketones (excluding diaryl/α,β-unsaturated/α-hetero) is 1. The van der Waals surface area contributed by atoms with Gasteiger partial charge in [0.15, 0.2) is 11.6 Å². The van der Waals surface area contributed by atoms with E-state index < -0.39 is 0 Å². The molecule has 1 aromatic heterocycles. The lowest BCUT2D eigenvalue weighted by Gasteiger charge is -2.33. The molecule has 0 spiro atoms. The van der Waals surface area contributed by atoms with Crippen LogP contribution in [0, 0.1) is 5.92 Å². The summed E-state index contributed by atoms with van der Waals surface area (Å²) in [5, 5.41) is 4.11. The Balaban J connectivity index is 1.35. The van der Waals surface area contributed by atoms with Crippen LogP contribution in [0.15, 0.2) is 34.9 Å². The van der Waals surface area contributed by atoms with Crippen molar-refractivity contribution in [2.24, 2.45) is 5.92 Å². The van der Waals surface area contributed by atoms with Crippen LogP contribution in [0.4, 0.5) is 0 Å². The summed E-state index contributed by atoms with van der Waals surface area (Å²) in [6, 6.07) is 9.75. The molecular weight excluding hydrogens is 302 g/mol. The van der Waals surface area contributed by atoms with Gasteiger partial charge in [-0.15, -0.1) is 0 Å². The highest BCUT2D eigenvalue weighted by molar-refractivity contribution is 5.97. The van der Waals surface area contributed by atoms with Crippen LogP contribution in [0.3, 0.4) is 0 Å². The summed E-state index contributed by atoms with van der Waals surface area (Å²) in [4.78, 5) is 19.5. The summed E-state index contributed by atoms with van der Waals surface area (Å²) in [7, 11) is 0. The van der Waals surface area contributed by atoms with Gasteiger partial charge < -0.3 is 4.52 Å². The van der Waals surface area contributed by atoms with Gasteiger partial charge in [-0.05, 0) is 45.7 Å². The van der Waals surface area contributed by atoms with Gasteiger partial charge in [-0.25, -0.2) is 0 Å². The van der Waals surface area contributed by atoms with E-state index in [1.165, 1.54) is 12.8 Å². The second-order valence-electron chi connectivity index (χ2n) is 6.98. The van der Waals surface area contributed by atoms with Crippen molar-refractivity contribution in [2.75, 3.05) is 13.1 Å². The number of likely N-dealkylation sites (tertiary alicyclic amines) is 1. The third-order valence-electron chi connectivity index (χ3n) is 5.26. The maximum absolute atomic E-state index is 12.6. The van der Waals surface area contributed by atoms with E-state index in [0.29, 0.717) is 11.8 Å². The minimum atomic E-state index is 0.123. The van der Waals surface area contributed by atoms with Crippen LogP contribution in [-0.4, -0.2) is 33.9 Å². The van der Waals surface area contributed by atoms with Gasteiger partial charge >= 0.3 is 0 Å². The molecule has 5 nitrogen and oxygen atoms in total. The van der Waals surface area contributed by atoms with E-state index in [-0.39, 0.29) is 17.7 Å². The van der Waals surface area contributed by atoms with Crippen LogP contribution in [0.5, 0.6) is 0 Å². The zero-order valence-electron chi connectivity index (χ0n) is 14.0. The first-order chi connectivity index (χ1) is 11.7. The SMILES string of the molecule is C[C@@H](c1nc(C2CC2)no1)N1CCC(C(=O)c2ccccc2)CC1. The van der Waals surface area contributed by atoms with Gasteiger partial charge in [-0.3, -0.25) is 9.69 Å². The summed E-state index contributed by atoms with van der Waals surface area (Å²) in [6.45, 7) is 3.90. The quantitative estimate of drug-likeness (QED) is 0.786. The second-order valence-corrected chi connectivity index (χ2v) is 6.98. The van der Waals surface area contributed by atoms with Crippen molar-refractivity contribution < 1.29 is 9.32 Å². The molecule has 1 aromatic carbocycles. The topological polar surface area (TPSA) is 59.2 Å². The van der Waals surface area contributed by atoms with Gasteiger partial charge in [0.2, 0.25) is 5.89 Å². The first kappa shape index (κ1) is 15.5. The van der Waals surface area contributed by atoms with E-state index in [4.69, 9.17) is 4.52 Å². The zero-order valence-corrected chi connectivity index (χ0v) is 14.0. The lowest BCUT2D eigenvalue weighted by atomic mass is 9.88. The number of hydrogen-bond acceptors (Lipinski definition) is 5. The number of piperidine rings is 1. The molecule has 2 fully saturated rings. The van der Waals surface area contributed by atoms with Crippen molar-refractivity contribution >= 4 is 5.78 Å². The number of ketones is 1. The van der Waals surface area contributed by atoms with Crippen LogP contribution in [0.1, 0.15) is 66.6 Å². The molecule has 4 rings (SSSR count). The lowest BCUT2D eigenvalue weighted by Crippen LogP contribution is -2.38. The molecule has 0 N–H and O–H groups in total. The van der Waals surface area contributed by atoms with E-state index >= 15 is 0 Å². The fraction of sp³-hybridized carbons (Fsp3) is 0.526. The molecule has 0 radical (unpaired) electrons. The van der Waals surface area contributed by atoms with Crippen LogP contribution < -0.4 is 0 Å². The molecule has 1 saturated carbocycles. The third kappa shape index (κ3) is 3.13. The Kier molecular flexibility index (Phi) is 4.19. The normalized spacial score (nSPS) is 20.9. The molecule has 2 aliphatic rings. The van der Waals surface area contributed by atoms with Crippen molar-refractivity contribution in [3.05, 3.63) is 47.6 Å². The Labute approximate surface area is 142 Å². The summed E-state index contributed by atoms with van der Waals surface area (Å²) in [6.07, 6.45) is 4.14. The van der Waals surface area contributed by atoms with Crippen LogP contribution >= 0.6 is 0 Å². The monoisotopic (exact) mass is 325 g/mol. The van der Waals surface area contributed by atoms with Crippen LogP contribution in [0.25, 0.3) is 0 Å². The highest BCUT2D eigenvalue weighted by atomic mass is 16.5. The number of hydrogen-bond donors (Lipinski definition) is 0. The van der Waals surface area contributed by atoms with Crippen molar-refractivity contribution in [3.63, 3.8) is 0 Å². The van der Waals surface area contributed by atoms with E-state index in [0.717, 1.165) is 37.3 Å². The maximum Gasteiger partial charge on any atom is 0.243 e. The lowest BCUT2D eigenvalue weighted by molar-refractivity contribution is 0.0774. The smallest absolute Gasteiger partial charge is 0.243 e. The molecule has 1 atom stereocenters. The second kappa shape index (κ2) is 6.48. The summed E-state index contributed by atoms with van der Waals surface area (Å²) < 4.78 is 5.45. The Morgan fingerprint density at radius 2 is 1.88 bits per heavy atom. The molecule has 0 unspecified atom stereocenters. The summed E-state index contributed by atoms with van der Waals surface area (Å²) >= 11 is 0. The third-order valence-corrected chi connectivity index (χ3v) is 5.26. The predicted molar refractivity (Wildman–Crippen MR) is 89.8 cm³/mol. The number of nitrogens with zero attached hydrogens (tertiary/aromatic N) is 3. The maximum atomic E-state index is 12.6. The number of carbonyl (C=O) groups excluding carboxylic acids is 1. The van der Waals surface area contributed by atoms with E-state index in [1.54, 1.807) is 0 Å². The van der Waals surface area contributed by atoms with E-state index in [9.17, 15) is 4.79 Å². The van der Waals surface area contributed by atoms with Gasteiger partial charge in [-0.1, -0.05) is 35.5 Å². The minimum Gasteiger partial charge on any atom is -0.338 e. The predicted octanol–water partition coefficient (Wildman–Crippen LogP) is 3.60. The fourth-order valence-electron chi connectivity index (χ4n) is 3.47. The molecule has 2 aromatic rings. The average Bonchev–Trinajstić information content (AvgIpc) is 3.38. The van der Waals surface area contributed by atoms with E-state index in [2.05, 4.69) is 22.0 Å². The van der Waals surface area contributed by atoms with Crippen molar-refractivity contribution in [2.45, 2.75) is 44.6 Å². The van der Waals surface area contributed by atoms with Crippen LogP contribution in [-0.2, 0) is 0 Å². The minimum absolute atomic E-state index is 0.123. The Hall–Kier alpha value is -2.01. The first-order valence-corrected chi connectivity index (χ1v) is 8.89. The standard InChI is InChI=1S/C19H23N3O2/c1-13(19-20-18(21-24-19)16-7-8-16)22-11-9-15(10-12-22)17(23)14-5-3-2-4-6-14/h2-6,13,15-16H,7-12H2,1H3/t13-/m0/s1. The van der Waals surface area contributed by atoms with Crippen LogP contribution in [0.2, 0.25) is 0 Å². The Morgan fingerprint density at radius 1 is 1.17 bits per heavy atom. The van der Waals surface area contributed by atoms with Crippen molar-refractivity contribution in [3.8, 4) is 0 Å². The first-order valence-electron chi connectivity index (χ1n) is 8.89. The molecular formula is C19H23N3O2. The molecule has 0 amide bonds.